The lowest BCUT2D eigenvalue weighted by atomic mass is 9.99. The Morgan fingerprint density at radius 1 is 1.07 bits per heavy atom. The minimum atomic E-state index is -4.36. The van der Waals surface area contributed by atoms with Crippen LogP contribution in [0.1, 0.15) is 49.7 Å². The number of aromatic nitrogens is 1. The molecule has 1 aliphatic carbocycles. The number of benzene rings is 1. The Kier molecular flexibility index (Phi) is 5.23. The van der Waals surface area contributed by atoms with Gasteiger partial charge in [0.2, 0.25) is 5.91 Å². The molecule has 1 saturated heterocycles. The summed E-state index contributed by atoms with van der Waals surface area (Å²) in [4.78, 5) is 20.0. The maximum atomic E-state index is 13.0. The van der Waals surface area contributed by atoms with E-state index in [-0.39, 0.29) is 11.9 Å². The average Bonchev–Trinajstić information content (AvgIpc) is 3.54. The number of alkyl halides is 3. The molecule has 29 heavy (non-hydrogen) atoms. The molecule has 2 aromatic rings. The van der Waals surface area contributed by atoms with Crippen LogP contribution >= 0.6 is 0 Å². The van der Waals surface area contributed by atoms with E-state index in [0.29, 0.717) is 19.0 Å². The molecule has 0 radical (unpaired) electrons. The Morgan fingerprint density at radius 2 is 1.72 bits per heavy atom. The van der Waals surface area contributed by atoms with Gasteiger partial charge in [-0.25, -0.2) is 0 Å². The van der Waals surface area contributed by atoms with Crippen LogP contribution in [0.5, 0.6) is 0 Å². The predicted octanol–water partition coefficient (Wildman–Crippen LogP) is 5.13. The molecule has 2 fully saturated rings. The summed E-state index contributed by atoms with van der Waals surface area (Å²) in [5.41, 5.74) is 2.25. The summed E-state index contributed by atoms with van der Waals surface area (Å²) in [6.45, 7) is 2.87. The molecule has 1 aromatic carbocycles. The maximum Gasteiger partial charge on any atom is 0.416 e. The Balaban J connectivity index is 1.69. The van der Waals surface area contributed by atoms with Gasteiger partial charge in [0.15, 0.2) is 0 Å². The van der Waals surface area contributed by atoms with Gasteiger partial charge in [0.1, 0.15) is 0 Å². The minimum Gasteiger partial charge on any atom is -0.343 e. The van der Waals surface area contributed by atoms with E-state index < -0.39 is 11.7 Å². The summed E-state index contributed by atoms with van der Waals surface area (Å²) >= 11 is 0. The fourth-order valence-electron chi connectivity index (χ4n) is 4.13. The normalized spacial score (nSPS) is 18.0. The second-order valence-corrected chi connectivity index (χ2v) is 7.86. The van der Waals surface area contributed by atoms with Gasteiger partial charge in [-0.1, -0.05) is 0 Å². The molecule has 0 N–H and O–H groups in total. The third-order valence-electron chi connectivity index (χ3n) is 5.86. The first kappa shape index (κ1) is 19.7. The number of amides is 1. The zero-order valence-electron chi connectivity index (χ0n) is 16.3. The summed E-state index contributed by atoms with van der Waals surface area (Å²) in [5, 5.41) is 0. The van der Waals surface area contributed by atoms with Crippen LogP contribution in [-0.2, 0) is 11.0 Å². The highest BCUT2D eigenvalue weighted by Gasteiger charge is 2.34. The number of pyridine rings is 1. The van der Waals surface area contributed by atoms with E-state index in [2.05, 4.69) is 9.88 Å². The van der Waals surface area contributed by atoms with Gasteiger partial charge in [0, 0.05) is 37.9 Å². The molecule has 0 spiro atoms. The second-order valence-electron chi connectivity index (χ2n) is 7.86. The first-order chi connectivity index (χ1) is 13.8. The molecule has 2 aliphatic rings. The predicted molar refractivity (Wildman–Crippen MR) is 105 cm³/mol. The van der Waals surface area contributed by atoms with Crippen molar-refractivity contribution >= 4 is 17.3 Å². The van der Waals surface area contributed by atoms with Crippen molar-refractivity contribution in [3.05, 3.63) is 53.9 Å². The van der Waals surface area contributed by atoms with Gasteiger partial charge < -0.3 is 9.80 Å². The lowest BCUT2D eigenvalue weighted by Gasteiger charge is -2.40. The summed E-state index contributed by atoms with van der Waals surface area (Å²) < 4.78 is 39.1. The highest BCUT2D eigenvalue weighted by atomic mass is 19.4. The molecule has 4 nitrogen and oxygen atoms in total. The first-order valence-electron chi connectivity index (χ1n) is 10.0. The zero-order chi connectivity index (χ0) is 20.6. The van der Waals surface area contributed by atoms with Crippen molar-refractivity contribution in [1.29, 1.82) is 0 Å². The smallest absolute Gasteiger partial charge is 0.343 e. The zero-order valence-corrected chi connectivity index (χ0v) is 16.3. The van der Waals surface area contributed by atoms with Crippen LogP contribution in [0, 0.1) is 0 Å². The monoisotopic (exact) mass is 403 g/mol. The van der Waals surface area contributed by atoms with Crippen molar-refractivity contribution in [2.24, 2.45) is 0 Å². The van der Waals surface area contributed by atoms with E-state index in [4.69, 9.17) is 0 Å². The fraction of sp³-hybridized carbons (Fsp3) is 0.455. The molecule has 1 saturated carbocycles. The number of piperidine rings is 1. The van der Waals surface area contributed by atoms with Gasteiger partial charge in [-0.05, 0) is 67.5 Å². The van der Waals surface area contributed by atoms with Gasteiger partial charge in [-0.3, -0.25) is 9.78 Å². The molecule has 4 rings (SSSR count). The molecule has 0 unspecified atom stereocenters. The number of anilines is 2. The number of hydrogen-bond donors (Lipinski definition) is 0. The summed E-state index contributed by atoms with van der Waals surface area (Å²) in [7, 11) is 0. The van der Waals surface area contributed by atoms with Gasteiger partial charge in [-0.15, -0.1) is 0 Å². The Labute approximate surface area is 168 Å². The Morgan fingerprint density at radius 3 is 2.28 bits per heavy atom. The van der Waals surface area contributed by atoms with Crippen molar-refractivity contribution in [3.63, 3.8) is 0 Å². The van der Waals surface area contributed by atoms with Gasteiger partial charge in [0.25, 0.3) is 0 Å². The van der Waals surface area contributed by atoms with Crippen molar-refractivity contribution < 1.29 is 18.0 Å². The van der Waals surface area contributed by atoms with Crippen LogP contribution in [0.4, 0.5) is 24.5 Å². The van der Waals surface area contributed by atoms with Crippen LogP contribution in [-0.4, -0.2) is 34.9 Å². The average molecular weight is 403 g/mol. The Hall–Kier alpha value is -2.57. The van der Waals surface area contributed by atoms with E-state index in [1.807, 2.05) is 17.2 Å². The SMILES string of the molecule is CC(=O)N1CCC(N(c2ccc(C(F)(F)F)cc2)c2cnccc2C2CC2)CC1. The van der Waals surface area contributed by atoms with Crippen molar-refractivity contribution in [2.45, 2.75) is 50.7 Å². The first-order valence-corrected chi connectivity index (χ1v) is 10.0. The molecule has 2 heterocycles. The lowest BCUT2D eigenvalue weighted by molar-refractivity contribution is -0.137. The van der Waals surface area contributed by atoms with Crippen LogP contribution in [0.25, 0.3) is 0 Å². The van der Waals surface area contributed by atoms with E-state index in [0.717, 1.165) is 49.2 Å². The standard InChI is InChI=1S/C22H24F3N3O/c1-15(29)27-12-9-19(10-13-27)28(18-6-4-17(5-7-18)22(23,24)25)21-14-26-11-8-20(21)16-2-3-16/h4-8,11,14,16,19H,2-3,9-10,12-13H2,1H3. The van der Waals surface area contributed by atoms with Gasteiger partial charge in [0.05, 0.1) is 17.4 Å². The number of hydrogen-bond acceptors (Lipinski definition) is 3. The van der Waals surface area contributed by atoms with E-state index >= 15 is 0 Å². The van der Waals surface area contributed by atoms with Crippen LogP contribution in [0.3, 0.4) is 0 Å². The number of rotatable bonds is 4. The van der Waals surface area contributed by atoms with E-state index in [1.54, 1.807) is 25.3 Å². The molecular weight excluding hydrogens is 379 g/mol. The van der Waals surface area contributed by atoms with Gasteiger partial charge >= 0.3 is 6.18 Å². The molecule has 0 bridgehead atoms. The summed E-state index contributed by atoms with van der Waals surface area (Å²) in [5.74, 6) is 0.548. The second kappa shape index (κ2) is 7.69. The number of carbonyl (C=O) groups excluding carboxylic acids is 1. The third-order valence-corrected chi connectivity index (χ3v) is 5.86. The highest BCUT2D eigenvalue weighted by molar-refractivity contribution is 5.73. The van der Waals surface area contributed by atoms with Crippen molar-refractivity contribution in [1.82, 2.24) is 9.88 Å². The Bertz CT molecular complexity index is 870. The lowest BCUT2D eigenvalue weighted by Crippen LogP contribution is -2.45. The molecular formula is C22H24F3N3O. The van der Waals surface area contributed by atoms with Crippen molar-refractivity contribution in [3.8, 4) is 0 Å². The van der Waals surface area contributed by atoms with Crippen molar-refractivity contribution in [2.75, 3.05) is 18.0 Å². The molecule has 7 heteroatoms. The minimum absolute atomic E-state index is 0.0598. The quantitative estimate of drug-likeness (QED) is 0.710. The number of likely N-dealkylation sites (tertiary alicyclic amines) is 1. The maximum absolute atomic E-state index is 13.0. The van der Waals surface area contributed by atoms with Crippen LogP contribution in [0.2, 0.25) is 0 Å². The molecule has 0 atom stereocenters. The van der Waals surface area contributed by atoms with Crippen LogP contribution < -0.4 is 4.90 Å². The summed E-state index contributed by atoms with van der Waals surface area (Å²) in [6, 6.07) is 7.49. The number of halogens is 3. The highest BCUT2D eigenvalue weighted by Crippen LogP contribution is 2.46. The van der Waals surface area contributed by atoms with E-state index in [9.17, 15) is 18.0 Å². The van der Waals surface area contributed by atoms with Gasteiger partial charge in [-0.2, -0.15) is 13.2 Å². The summed E-state index contributed by atoms with van der Waals surface area (Å²) in [6.07, 6.45) is 3.02. The van der Waals surface area contributed by atoms with E-state index in [1.165, 1.54) is 5.56 Å². The molecule has 1 amide bonds. The third kappa shape index (κ3) is 4.23. The number of carbonyl (C=O) groups is 1. The largest absolute Gasteiger partial charge is 0.416 e. The molecule has 1 aliphatic heterocycles. The fourth-order valence-corrected chi connectivity index (χ4v) is 4.13. The van der Waals surface area contributed by atoms with Crippen LogP contribution in [0.15, 0.2) is 42.7 Å². The molecule has 1 aromatic heterocycles. The number of nitrogens with zero attached hydrogens (tertiary/aromatic N) is 3. The topological polar surface area (TPSA) is 36.4 Å². The molecule has 154 valence electrons.